The molecule has 24 heavy (non-hydrogen) atoms. The lowest BCUT2D eigenvalue weighted by Crippen LogP contribution is -2.26. The maximum Gasteiger partial charge on any atom is 0.351 e. The summed E-state index contributed by atoms with van der Waals surface area (Å²) in [4.78, 5) is 16.0. The molecular weight excluding hydrogens is 316 g/mol. The van der Waals surface area contributed by atoms with Gasteiger partial charge in [0.2, 0.25) is 0 Å². The van der Waals surface area contributed by atoms with Crippen molar-refractivity contribution in [3.05, 3.63) is 34.9 Å². The molecule has 2 aromatic rings. The average Bonchev–Trinajstić information content (AvgIpc) is 2.59. The second-order valence-corrected chi connectivity index (χ2v) is 4.96. The molecule has 0 saturated heterocycles. The van der Waals surface area contributed by atoms with E-state index in [4.69, 9.17) is 25.1 Å². The topological polar surface area (TPSA) is 121 Å². The summed E-state index contributed by atoms with van der Waals surface area (Å²) in [5, 5.41) is 11.8. The summed E-state index contributed by atoms with van der Waals surface area (Å²) in [6.07, 6.45) is 1.51. The molecular formula is C15H18N4O5. The van der Waals surface area contributed by atoms with Gasteiger partial charge in [0.05, 0.1) is 19.4 Å². The highest BCUT2D eigenvalue weighted by atomic mass is 16.5. The van der Waals surface area contributed by atoms with Crippen LogP contribution in [0, 0.1) is 0 Å². The number of nitrogens with one attached hydrogen (secondary N) is 1. The van der Waals surface area contributed by atoms with Gasteiger partial charge < -0.3 is 30.4 Å². The van der Waals surface area contributed by atoms with Crippen molar-refractivity contribution in [3.63, 3.8) is 0 Å². The van der Waals surface area contributed by atoms with Gasteiger partial charge in [-0.25, -0.2) is 4.79 Å². The van der Waals surface area contributed by atoms with Crippen molar-refractivity contribution in [1.29, 1.82) is 0 Å². The molecule has 2 heterocycles. The van der Waals surface area contributed by atoms with Gasteiger partial charge in [0.1, 0.15) is 24.8 Å². The van der Waals surface area contributed by atoms with Crippen molar-refractivity contribution in [2.75, 3.05) is 31.7 Å². The smallest absolute Gasteiger partial charge is 0.351 e. The van der Waals surface area contributed by atoms with Crippen LogP contribution in [0.3, 0.4) is 0 Å². The standard InChI is InChI=1S/C15H18N4O5/c16-4-6-23-10-2-1-3-11-13(10)17-14-12(24-11)8-19(15(21)18-14)9-22-7-5-20/h1-3,8,20H,4-7,9,16H2,(H,17,18,21). The number of rotatable bonds is 7. The molecule has 0 unspecified atom stereocenters. The van der Waals surface area contributed by atoms with Crippen LogP contribution in [0.15, 0.2) is 29.2 Å². The van der Waals surface area contributed by atoms with Crippen molar-refractivity contribution in [2.24, 2.45) is 5.73 Å². The van der Waals surface area contributed by atoms with Gasteiger partial charge >= 0.3 is 5.69 Å². The van der Waals surface area contributed by atoms with Crippen LogP contribution < -0.4 is 26.2 Å². The SMILES string of the molecule is NCCOc1cccc2c1Nc1nc(=O)n(COCCO)cc1O2. The largest absolute Gasteiger partial charge is 0.490 e. The monoisotopic (exact) mass is 334 g/mol. The molecule has 0 atom stereocenters. The van der Waals surface area contributed by atoms with E-state index in [0.717, 1.165) is 0 Å². The Kier molecular flexibility index (Phi) is 4.94. The number of nitrogens with two attached hydrogens (primary N) is 1. The van der Waals surface area contributed by atoms with Crippen LogP contribution in [0.1, 0.15) is 0 Å². The predicted octanol–water partition coefficient (Wildman–Crippen LogP) is 0.396. The Morgan fingerprint density at radius 3 is 3.00 bits per heavy atom. The molecule has 0 aliphatic carbocycles. The molecule has 0 radical (unpaired) electrons. The molecule has 3 rings (SSSR count). The Balaban J connectivity index is 1.86. The summed E-state index contributed by atoms with van der Waals surface area (Å²) in [5.74, 6) is 1.82. The number of anilines is 2. The normalized spacial score (nSPS) is 11.9. The van der Waals surface area contributed by atoms with E-state index in [1.807, 2.05) is 0 Å². The Hall–Kier alpha value is -2.62. The lowest BCUT2D eigenvalue weighted by Gasteiger charge is -2.23. The lowest BCUT2D eigenvalue weighted by molar-refractivity contribution is 0.0455. The summed E-state index contributed by atoms with van der Waals surface area (Å²) in [7, 11) is 0. The highest BCUT2D eigenvalue weighted by Gasteiger charge is 2.22. The molecule has 9 heteroatoms. The fraction of sp³-hybridized carbons (Fsp3) is 0.333. The van der Waals surface area contributed by atoms with Gasteiger partial charge in [-0.05, 0) is 12.1 Å². The second-order valence-electron chi connectivity index (χ2n) is 4.96. The Morgan fingerprint density at radius 2 is 2.21 bits per heavy atom. The van der Waals surface area contributed by atoms with Crippen LogP contribution in [0.25, 0.3) is 0 Å². The molecule has 1 aromatic carbocycles. The van der Waals surface area contributed by atoms with Gasteiger partial charge in [-0.3, -0.25) is 4.57 Å². The lowest BCUT2D eigenvalue weighted by atomic mass is 10.2. The van der Waals surface area contributed by atoms with Gasteiger partial charge in [0.25, 0.3) is 0 Å². The van der Waals surface area contributed by atoms with E-state index in [1.165, 1.54) is 10.8 Å². The van der Waals surface area contributed by atoms with Crippen LogP contribution in [-0.2, 0) is 11.5 Å². The highest BCUT2D eigenvalue weighted by molar-refractivity contribution is 5.77. The van der Waals surface area contributed by atoms with Crippen molar-refractivity contribution in [3.8, 4) is 17.2 Å². The number of para-hydroxylation sites is 1. The number of hydrogen-bond acceptors (Lipinski definition) is 8. The first-order valence-corrected chi connectivity index (χ1v) is 7.43. The minimum absolute atomic E-state index is 0.0183. The van der Waals surface area contributed by atoms with E-state index in [9.17, 15) is 4.79 Å². The van der Waals surface area contributed by atoms with Crippen LogP contribution >= 0.6 is 0 Å². The van der Waals surface area contributed by atoms with E-state index in [-0.39, 0.29) is 19.9 Å². The van der Waals surface area contributed by atoms with Crippen molar-refractivity contribution in [1.82, 2.24) is 9.55 Å². The van der Waals surface area contributed by atoms with E-state index < -0.39 is 5.69 Å². The van der Waals surface area contributed by atoms with Crippen LogP contribution in [0.2, 0.25) is 0 Å². The van der Waals surface area contributed by atoms with E-state index in [1.54, 1.807) is 18.2 Å². The fourth-order valence-corrected chi connectivity index (χ4v) is 2.20. The predicted molar refractivity (Wildman–Crippen MR) is 85.9 cm³/mol. The van der Waals surface area contributed by atoms with Gasteiger partial charge in [0, 0.05) is 6.54 Å². The molecule has 4 N–H and O–H groups in total. The quantitative estimate of drug-likeness (QED) is 0.531. The molecule has 0 bridgehead atoms. The zero-order valence-corrected chi connectivity index (χ0v) is 12.9. The minimum atomic E-state index is -0.494. The van der Waals surface area contributed by atoms with Crippen molar-refractivity contribution in [2.45, 2.75) is 6.73 Å². The minimum Gasteiger partial charge on any atom is -0.490 e. The maximum atomic E-state index is 12.0. The first kappa shape index (κ1) is 16.2. The molecule has 9 nitrogen and oxygen atoms in total. The molecule has 128 valence electrons. The molecule has 1 aliphatic rings. The van der Waals surface area contributed by atoms with Crippen molar-refractivity contribution < 1.29 is 19.3 Å². The number of ether oxygens (including phenoxy) is 3. The first-order valence-electron chi connectivity index (χ1n) is 7.43. The fourth-order valence-electron chi connectivity index (χ4n) is 2.20. The zero-order chi connectivity index (χ0) is 16.9. The second kappa shape index (κ2) is 7.30. The summed E-state index contributed by atoms with van der Waals surface area (Å²) >= 11 is 0. The van der Waals surface area contributed by atoms with E-state index >= 15 is 0 Å². The zero-order valence-electron chi connectivity index (χ0n) is 12.9. The molecule has 1 aromatic heterocycles. The Labute approximate surface area is 137 Å². The molecule has 0 spiro atoms. The third-order valence-corrected chi connectivity index (χ3v) is 3.25. The third-order valence-electron chi connectivity index (χ3n) is 3.25. The van der Waals surface area contributed by atoms with E-state index in [0.29, 0.717) is 41.9 Å². The molecule has 1 aliphatic heterocycles. The number of benzene rings is 1. The van der Waals surface area contributed by atoms with E-state index in [2.05, 4.69) is 10.3 Å². The van der Waals surface area contributed by atoms with Crippen LogP contribution in [0.4, 0.5) is 11.5 Å². The summed E-state index contributed by atoms with van der Waals surface area (Å²) in [5.41, 5.74) is 5.56. The molecule has 0 saturated carbocycles. The average molecular weight is 334 g/mol. The Bertz CT molecular complexity index is 777. The summed E-state index contributed by atoms with van der Waals surface area (Å²) in [6.45, 7) is 0.743. The molecule has 0 fully saturated rings. The van der Waals surface area contributed by atoms with Crippen LogP contribution in [-0.4, -0.2) is 41.0 Å². The number of fused-ring (bicyclic) bond motifs is 2. The number of aromatic nitrogens is 2. The van der Waals surface area contributed by atoms with Crippen LogP contribution in [0.5, 0.6) is 17.2 Å². The third kappa shape index (κ3) is 3.32. The first-order chi connectivity index (χ1) is 11.7. The number of hydrogen-bond donors (Lipinski definition) is 3. The Morgan fingerprint density at radius 1 is 1.33 bits per heavy atom. The number of nitrogens with zero attached hydrogens (tertiary/aromatic N) is 2. The van der Waals surface area contributed by atoms with Gasteiger partial charge in [0.15, 0.2) is 17.3 Å². The highest BCUT2D eigenvalue weighted by Crippen LogP contribution is 2.44. The summed E-state index contributed by atoms with van der Waals surface area (Å²) in [6, 6.07) is 5.35. The van der Waals surface area contributed by atoms with Gasteiger partial charge in [-0.1, -0.05) is 6.07 Å². The summed E-state index contributed by atoms with van der Waals surface area (Å²) < 4.78 is 17.8. The molecule has 0 amide bonds. The number of aliphatic hydroxyl groups excluding tert-OH is 1. The van der Waals surface area contributed by atoms with Gasteiger partial charge in [-0.15, -0.1) is 0 Å². The number of aliphatic hydroxyl groups is 1. The maximum absolute atomic E-state index is 12.0. The van der Waals surface area contributed by atoms with Gasteiger partial charge in [-0.2, -0.15) is 4.98 Å². The van der Waals surface area contributed by atoms with Crippen molar-refractivity contribution >= 4 is 11.5 Å².